The molecule has 0 aliphatic carbocycles. The SMILES string of the molecule is Cn1cc(-c2cc(CS(C)(=O)=O)ccc2Oc2ccc(F)cc2F)c2ncoc2c1=O. The Balaban J connectivity index is 1.94. The summed E-state index contributed by atoms with van der Waals surface area (Å²) in [5, 5.41) is 0. The van der Waals surface area contributed by atoms with Crippen LogP contribution in [0, 0.1) is 11.6 Å². The van der Waals surface area contributed by atoms with Gasteiger partial charge >= 0.3 is 0 Å². The molecule has 0 spiro atoms. The first-order chi connectivity index (χ1) is 14.6. The number of nitrogens with zero attached hydrogens (tertiary/aromatic N) is 2. The van der Waals surface area contributed by atoms with E-state index in [1.807, 2.05) is 0 Å². The van der Waals surface area contributed by atoms with Gasteiger partial charge in [-0.1, -0.05) is 6.07 Å². The summed E-state index contributed by atoms with van der Waals surface area (Å²) in [7, 11) is -1.82. The third-order valence-electron chi connectivity index (χ3n) is 4.54. The highest BCUT2D eigenvalue weighted by Gasteiger charge is 2.19. The second-order valence-electron chi connectivity index (χ2n) is 7.07. The highest BCUT2D eigenvalue weighted by molar-refractivity contribution is 7.89. The van der Waals surface area contributed by atoms with Crippen molar-refractivity contribution in [1.82, 2.24) is 9.55 Å². The second-order valence-corrected chi connectivity index (χ2v) is 9.21. The fourth-order valence-corrected chi connectivity index (χ4v) is 3.99. The molecule has 160 valence electrons. The van der Waals surface area contributed by atoms with Crippen LogP contribution in [0.5, 0.6) is 11.5 Å². The van der Waals surface area contributed by atoms with E-state index in [2.05, 4.69) is 4.98 Å². The first-order valence-corrected chi connectivity index (χ1v) is 11.1. The van der Waals surface area contributed by atoms with Gasteiger partial charge < -0.3 is 13.7 Å². The summed E-state index contributed by atoms with van der Waals surface area (Å²) in [6, 6.07) is 7.46. The quantitative estimate of drug-likeness (QED) is 0.463. The van der Waals surface area contributed by atoms with Crippen LogP contribution in [0.4, 0.5) is 8.78 Å². The molecule has 2 aromatic carbocycles. The zero-order valence-electron chi connectivity index (χ0n) is 16.4. The van der Waals surface area contributed by atoms with Crippen molar-refractivity contribution in [3.63, 3.8) is 0 Å². The van der Waals surface area contributed by atoms with Crippen LogP contribution in [0.1, 0.15) is 5.56 Å². The molecule has 2 aromatic heterocycles. The second kappa shape index (κ2) is 7.62. The van der Waals surface area contributed by atoms with E-state index in [1.54, 1.807) is 6.07 Å². The molecular formula is C21H16F2N2O5S. The highest BCUT2D eigenvalue weighted by atomic mass is 32.2. The van der Waals surface area contributed by atoms with Crippen molar-refractivity contribution in [3.05, 3.63) is 76.5 Å². The Bertz CT molecular complexity index is 1480. The third kappa shape index (κ3) is 4.19. The molecule has 0 fully saturated rings. The Morgan fingerprint density at radius 1 is 1.10 bits per heavy atom. The first kappa shape index (κ1) is 20.7. The molecule has 0 bridgehead atoms. The molecule has 0 unspecified atom stereocenters. The molecule has 0 aliphatic rings. The van der Waals surface area contributed by atoms with Gasteiger partial charge in [-0.25, -0.2) is 22.2 Å². The lowest BCUT2D eigenvalue weighted by atomic mass is 10.0. The van der Waals surface area contributed by atoms with Gasteiger partial charge in [-0.3, -0.25) is 4.79 Å². The topological polar surface area (TPSA) is 91.4 Å². The van der Waals surface area contributed by atoms with Gasteiger partial charge in [-0.05, 0) is 29.8 Å². The van der Waals surface area contributed by atoms with Crippen LogP contribution in [0.25, 0.3) is 22.2 Å². The molecule has 2 heterocycles. The molecule has 0 aliphatic heterocycles. The summed E-state index contributed by atoms with van der Waals surface area (Å²) in [4.78, 5) is 16.4. The monoisotopic (exact) mass is 446 g/mol. The summed E-state index contributed by atoms with van der Waals surface area (Å²) in [5.41, 5.74) is 1.07. The normalized spacial score (nSPS) is 11.7. The molecule has 10 heteroatoms. The number of halogens is 2. The molecule has 0 amide bonds. The largest absolute Gasteiger partial charge is 0.454 e. The maximum absolute atomic E-state index is 14.2. The number of aromatic nitrogens is 2. The number of hydrogen-bond acceptors (Lipinski definition) is 6. The molecule has 0 atom stereocenters. The van der Waals surface area contributed by atoms with Gasteiger partial charge in [0.2, 0.25) is 5.58 Å². The standard InChI is InChI=1S/C21H16F2N2O5S/c1-25-9-15(19-20(21(25)26)29-11-24-19)14-7-12(10-31(2,27)28)3-5-17(14)30-18-6-4-13(22)8-16(18)23/h3-9,11H,10H2,1-2H3. The summed E-state index contributed by atoms with van der Waals surface area (Å²) in [6.45, 7) is 0. The van der Waals surface area contributed by atoms with Crippen molar-refractivity contribution in [1.29, 1.82) is 0 Å². The van der Waals surface area contributed by atoms with Gasteiger partial charge in [0, 0.05) is 36.7 Å². The van der Waals surface area contributed by atoms with Gasteiger partial charge in [0.25, 0.3) is 5.56 Å². The first-order valence-electron chi connectivity index (χ1n) is 8.99. The maximum atomic E-state index is 14.2. The average Bonchev–Trinajstić information content (AvgIpc) is 3.17. The van der Waals surface area contributed by atoms with E-state index in [-0.39, 0.29) is 28.4 Å². The van der Waals surface area contributed by atoms with Gasteiger partial charge in [0.05, 0.1) is 5.75 Å². The molecular weight excluding hydrogens is 430 g/mol. The number of pyridine rings is 1. The van der Waals surface area contributed by atoms with E-state index in [0.29, 0.717) is 22.8 Å². The number of rotatable bonds is 5. The zero-order chi connectivity index (χ0) is 22.3. The number of aryl methyl sites for hydroxylation is 1. The maximum Gasteiger partial charge on any atom is 0.295 e. The molecule has 0 saturated carbocycles. The van der Waals surface area contributed by atoms with E-state index in [9.17, 15) is 22.0 Å². The smallest absolute Gasteiger partial charge is 0.295 e. The van der Waals surface area contributed by atoms with Crippen molar-refractivity contribution >= 4 is 20.9 Å². The van der Waals surface area contributed by atoms with E-state index >= 15 is 0 Å². The van der Waals surface area contributed by atoms with Crippen LogP contribution >= 0.6 is 0 Å². The molecule has 0 saturated heterocycles. The Morgan fingerprint density at radius 3 is 2.55 bits per heavy atom. The lowest BCUT2D eigenvalue weighted by Gasteiger charge is -2.14. The predicted molar refractivity (Wildman–Crippen MR) is 110 cm³/mol. The molecule has 0 N–H and O–H groups in total. The molecule has 7 nitrogen and oxygen atoms in total. The Kier molecular flexibility index (Phi) is 5.10. The minimum atomic E-state index is -3.34. The highest BCUT2D eigenvalue weighted by Crippen LogP contribution is 2.37. The minimum Gasteiger partial charge on any atom is -0.454 e. The fraction of sp³-hybridized carbons (Fsp3) is 0.143. The Labute approximate surface area is 175 Å². The Hall–Kier alpha value is -3.53. The third-order valence-corrected chi connectivity index (χ3v) is 5.39. The lowest BCUT2D eigenvalue weighted by molar-refractivity contribution is 0.439. The van der Waals surface area contributed by atoms with Gasteiger partial charge in [-0.2, -0.15) is 0 Å². The van der Waals surface area contributed by atoms with Crippen molar-refractivity contribution in [2.24, 2.45) is 7.05 Å². The van der Waals surface area contributed by atoms with Crippen LogP contribution in [-0.2, 0) is 22.6 Å². The summed E-state index contributed by atoms with van der Waals surface area (Å²) in [6.07, 6.45) is 3.73. The van der Waals surface area contributed by atoms with E-state index in [0.717, 1.165) is 24.8 Å². The number of fused-ring (bicyclic) bond motifs is 1. The molecule has 31 heavy (non-hydrogen) atoms. The summed E-state index contributed by atoms with van der Waals surface area (Å²) in [5.74, 6) is -1.96. The van der Waals surface area contributed by atoms with Crippen LogP contribution in [0.3, 0.4) is 0 Å². The van der Waals surface area contributed by atoms with Crippen molar-refractivity contribution in [2.75, 3.05) is 6.26 Å². The van der Waals surface area contributed by atoms with Crippen LogP contribution in [0.15, 0.2) is 58.2 Å². The predicted octanol–water partition coefficient (Wildman–Crippen LogP) is 3.81. The number of oxazole rings is 1. The van der Waals surface area contributed by atoms with Crippen molar-refractivity contribution in [2.45, 2.75) is 5.75 Å². The van der Waals surface area contributed by atoms with E-state index < -0.39 is 27.0 Å². The van der Waals surface area contributed by atoms with Gasteiger partial charge in [-0.15, -0.1) is 0 Å². The van der Waals surface area contributed by atoms with Crippen LogP contribution < -0.4 is 10.3 Å². The van der Waals surface area contributed by atoms with E-state index in [1.165, 1.54) is 29.9 Å². The lowest BCUT2D eigenvalue weighted by Crippen LogP contribution is -2.16. The van der Waals surface area contributed by atoms with Crippen molar-refractivity contribution < 1.29 is 26.4 Å². The summed E-state index contributed by atoms with van der Waals surface area (Å²) >= 11 is 0. The number of sulfone groups is 1. The molecule has 0 radical (unpaired) electrons. The van der Waals surface area contributed by atoms with Gasteiger partial charge in [0.1, 0.15) is 17.1 Å². The van der Waals surface area contributed by atoms with Crippen LogP contribution in [0.2, 0.25) is 0 Å². The number of ether oxygens (including phenoxy) is 1. The van der Waals surface area contributed by atoms with Gasteiger partial charge in [0.15, 0.2) is 27.8 Å². The number of benzene rings is 2. The van der Waals surface area contributed by atoms with Crippen molar-refractivity contribution in [3.8, 4) is 22.6 Å². The minimum absolute atomic E-state index is 0.00688. The fourth-order valence-electron chi connectivity index (χ4n) is 3.21. The summed E-state index contributed by atoms with van der Waals surface area (Å²) < 4.78 is 63.2. The zero-order valence-corrected chi connectivity index (χ0v) is 17.2. The average molecular weight is 446 g/mol. The Morgan fingerprint density at radius 2 is 1.84 bits per heavy atom. The van der Waals surface area contributed by atoms with E-state index in [4.69, 9.17) is 9.15 Å². The number of hydrogen-bond donors (Lipinski definition) is 0. The van der Waals surface area contributed by atoms with Crippen LogP contribution in [-0.4, -0.2) is 24.2 Å². The molecule has 4 rings (SSSR count). The molecule has 4 aromatic rings.